The molecule has 88 valence electrons. The zero-order valence-corrected chi connectivity index (χ0v) is 11.5. The maximum atomic E-state index is 10.5. The molecule has 1 atom stereocenters. The van der Waals surface area contributed by atoms with Gasteiger partial charge in [-0.3, -0.25) is 0 Å². The average Bonchev–Trinajstić information content (AvgIpc) is 2.39. The van der Waals surface area contributed by atoms with Crippen LogP contribution in [0.25, 0.3) is 0 Å². The van der Waals surface area contributed by atoms with E-state index in [1.807, 2.05) is 55.5 Å². The fraction of sp³-hybridized carbons (Fsp3) is 0.200. The third kappa shape index (κ3) is 3.44. The van der Waals surface area contributed by atoms with E-state index in [9.17, 15) is 5.11 Å². The first kappa shape index (κ1) is 12.4. The Kier molecular flexibility index (Phi) is 4.01. The van der Waals surface area contributed by atoms with Gasteiger partial charge in [0.25, 0.3) is 0 Å². The third-order valence-electron chi connectivity index (χ3n) is 2.66. The molecular formula is C15H16OSe. The molecular weight excluding hydrogens is 275 g/mol. The van der Waals surface area contributed by atoms with Crippen LogP contribution in [0.3, 0.4) is 0 Å². The van der Waals surface area contributed by atoms with Crippen LogP contribution in [0, 0.1) is 0 Å². The third-order valence-corrected chi connectivity index (χ3v) is 5.41. The SMILES string of the molecule is CC(O)(C[Se]c1ccccc1)c1ccccc1. The molecule has 0 radical (unpaired) electrons. The Labute approximate surface area is 109 Å². The van der Waals surface area contributed by atoms with Crippen molar-refractivity contribution in [1.29, 1.82) is 0 Å². The zero-order valence-electron chi connectivity index (χ0n) is 9.84. The predicted octanol–water partition coefficient (Wildman–Crippen LogP) is 2.34. The van der Waals surface area contributed by atoms with Crippen LogP contribution in [0.2, 0.25) is 5.32 Å². The topological polar surface area (TPSA) is 20.2 Å². The van der Waals surface area contributed by atoms with Gasteiger partial charge in [-0.05, 0) is 0 Å². The Morgan fingerprint density at radius 1 is 0.941 bits per heavy atom. The van der Waals surface area contributed by atoms with Crippen molar-refractivity contribution in [2.24, 2.45) is 0 Å². The Morgan fingerprint density at radius 3 is 2.06 bits per heavy atom. The van der Waals surface area contributed by atoms with Crippen molar-refractivity contribution in [3.63, 3.8) is 0 Å². The molecule has 0 fully saturated rings. The monoisotopic (exact) mass is 292 g/mol. The van der Waals surface area contributed by atoms with E-state index in [-0.39, 0.29) is 0 Å². The molecule has 0 heterocycles. The van der Waals surface area contributed by atoms with Crippen molar-refractivity contribution in [3.05, 3.63) is 66.2 Å². The van der Waals surface area contributed by atoms with E-state index in [1.54, 1.807) is 0 Å². The van der Waals surface area contributed by atoms with Crippen molar-refractivity contribution in [3.8, 4) is 0 Å². The van der Waals surface area contributed by atoms with Crippen molar-refractivity contribution in [1.82, 2.24) is 0 Å². The summed E-state index contributed by atoms with van der Waals surface area (Å²) in [5.74, 6) is 0. The summed E-state index contributed by atoms with van der Waals surface area (Å²) in [5.41, 5.74) is 0.273. The first-order valence-electron chi connectivity index (χ1n) is 5.64. The molecule has 2 heteroatoms. The molecule has 0 bridgehead atoms. The summed E-state index contributed by atoms with van der Waals surface area (Å²) in [5, 5.41) is 11.3. The molecule has 0 aliphatic heterocycles. The van der Waals surface area contributed by atoms with Gasteiger partial charge in [-0.25, -0.2) is 0 Å². The summed E-state index contributed by atoms with van der Waals surface area (Å²) < 4.78 is 1.33. The molecule has 2 aromatic carbocycles. The van der Waals surface area contributed by atoms with E-state index in [1.165, 1.54) is 4.46 Å². The summed E-state index contributed by atoms with van der Waals surface area (Å²) in [7, 11) is 0. The summed E-state index contributed by atoms with van der Waals surface area (Å²) >= 11 is 0.306. The Bertz CT molecular complexity index is 451. The van der Waals surface area contributed by atoms with Crippen LogP contribution >= 0.6 is 0 Å². The van der Waals surface area contributed by atoms with E-state index < -0.39 is 5.60 Å². The van der Waals surface area contributed by atoms with Crippen molar-refractivity contribution < 1.29 is 5.11 Å². The number of benzene rings is 2. The first-order chi connectivity index (χ1) is 8.18. The van der Waals surface area contributed by atoms with Crippen LogP contribution in [0.4, 0.5) is 0 Å². The number of hydrogen-bond acceptors (Lipinski definition) is 1. The summed E-state index contributed by atoms with van der Waals surface area (Å²) in [6.07, 6.45) is 0. The molecule has 0 aliphatic rings. The minimum atomic E-state index is -0.725. The molecule has 0 saturated carbocycles. The van der Waals surface area contributed by atoms with Crippen molar-refractivity contribution >= 4 is 19.4 Å². The molecule has 2 rings (SSSR count). The fourth-order valence-electron chi connectivity index (χ4n) is 1.62. The quantitative estimate of drug-likeness (QED) is 0.857. The van der Waals surface area contributed by atoms with Crippen LogP contribution < -0.4 is 4.46 Å². The number of aliphatic hydroxyl groups is 1. The maximum absolute atomic E-state index is 10.5. The second kappa shape index (κ2) is 5.50. The van der Waals surface area contributed by atoms with Gasteiger partial charge in [0.15, 0.2) is 0 Å². The van der Waals surface area contributed by atoms with Gasteiger partial charge in [0.05, 0.1) is 0 Å². The molecule has 0 saturated heterocycles. The zero-order chi connectivity index (χ0) is 12.1. The van der Waals surface area contributed by atoms with Gasteiger partial charge >= 0.3 is 109 Å². The predicted molar refractivity (Wildman–Crippen MR) is 72.6 cm³/mol. The van der Waals surface area contributed by atoms with Crippen molar-refractivity contribution in [2.45, 2.75) is 17.8 Å². The van der Waals surface area contributed by atoms with Crippen LogP contribution in [0.15, 0.2) is 60.7 Å². The van der Waals surface area contributed by atoms with E-state index in [4.69, 9.17) is 0 Å². The van der Waals surface area contributed by atoms with Gasteiger partial charge in [-0.15, -0.1) is 0 Å². The van der Waals surface area contributed by atoms with E-state index in [0.29, 0.717) is 15.0 Å². The molecule has 2 aromatic rings. The van der Waals surface area contributed by atoms with Crippen LogP contribution in [0.1, 0.15) is 12.5 Å². The summed E-state index contributed by atoms with van der Waals surface area (Å²) in [4.78, 5) is 0. The summed E-state index contributed by atoms with van der Waals surface area (Å²) in [6.45, 7) is 1.90. The normalized spacial score (nSPS) is 14.2. The van der Waals surface area contributed by atoms with E-state index >= 15 is 0 Å². The average molecular weight is 291 g/mol. The van der Waals surface area contributed by atoms with Crippen LogP contribution in [-0.4, -0.2) is 20.1 Å². The van der Waals surface area contributed by atoms with Gasteiger partial charge in [-0.1, -0.05) is 0 Å². The fourth-order valence-corrected chi connectivity index (χ4v) is 3.64. The van der Waals surface area contributed by atoms with Crippen LogP contribution in [-0.2, 0) is 5.60 Å². The molecule has 1 N–H and O–H groups in total. The standard InChI is InChI=1S/C15H16OSe/c1-15(16,13-8-4-2-5-9-13)12-17-14-10-6-3-7-11-14/h2-11,16H,12H2,1H3. The second-order valence-electron chi connectivity index (χ2n) is 4.24. The van der Waals surface area contributed by atoms with Gasteiger partial charge in [0.1, 0.15) is 0 Å². The Hall–Kier alpha value is -1.08. The minimum absolute atomic E-state index is 0.306. The second-order valence-corrected chi connectivity index (χ2v) is 6.44. The molecule has 0 amide bonds. The number of rotatable bonds is 4. The molecule has 1 unspecified atom stereocenters. The molecule has 0 aliphatic carbocycles. The Balaban J connectivity index is 2.03. The van der Waals surface area contributed by atoms with Crippen molar-refractivity contribution in [2.75, 3.05) is 0 Å². The van der Waals surface area contributed by atoms with Gasteiger partial charge in [0, 0.05) is 0 Å². The molecule has 1 nitrogen and oxygen atoms in total. The van der Waals surface area contributed by atoms with Crippen LogP contribution in [0.5, 0.6) is 0 Å². The first-order valence-corrected chi connectivity index (χ1v) is 7.71. The van der Waals surface area contributed by atoms with Gasteiger partial charge < -0.3 is 0 Å². The Morgan fingerprint density at radius 2 is 1.47 bits per heavy atom. The van der Waals surface area contributed by atoms with Gasteiger partial charge in [-0.2, -0.15) is 0 Å². The molecule has 17 heavy (non-hydrogen) atoms. The summed E-state index contributed by atoms with van der Waals surface area (Å²) in [6, 6.07) is 20.3. The van der Waals surface area contributed by atoms with E-state index in [2.05, 4.69) is 12.1 Å². The van der Waals surface area contributed by atoms with Gasteiger partial charge in [0.2, 0.25) is 0 Å². The molecule has 0 spiro atoms. The molecule has 0 aromatic heterocycles. The van der Waals surface area contributed by atoms with E-state index in [0.717, 1.165) is 10.9 Å². The number of hydrogen-bond donors (Lipinski definition) is 1.